The zero-order valence-electron chi connectivity index (χ0n) is 13.5. The first-order chi connectivity index (χ1) is 11.8. The highest BCUT2D eigenvalue weighted by Crippen LogP contribution is 2.28. The second kappa shape index (κ2) is 7.80. The average molecular weight is 323 g/mol. The third kappa shape index (κ3) is 4.03. The second-order valence-corrected chi connectivity index (χ2v) is 6.14. The number of aromatic amines is 1. The summed E-state index contributed by atoms with van der Waals surface area (Å²) in [7, 11) is 0. The van der Waals surface area contributed by atoms with Gasteiger partial charge in [-0.3, -0.25) is 4.79 Å². The van der Waals surface area contributed by atoms with Gasteiger partial charge in [-0.05, 0) is 36.8 Å². The first kappa shape index (κ1) is 16.3. The van der Waals surface area contributed by atoms with Crippen LogP contribution in [-0.4, -0.2) is 24.1 Å². The standard InChI is InChI=1S/C19H21N3O2/c20-12-15-11-18(21-13-15)19(23)22-17(16-4-2-1-3-5-16)10-14-6-8-24-9-7-14/h1-5,11,13-14,17,21H,6-10H2,(H,22,23). The van der Waals surface area contributed by atoms with Crippen molar-refractivity contribution < 1.29 is 9.53 Å². The summed E-state index contributed by atoms with van der Waals surface area (Å²) in [6.07, 6.45) is 4.50. The Morgan fingerprint density at radius 1 is 1.33 bits per heavy atom. The fraction of sp³-hybridized carbons (Fsp3) is 0.368. The molecule has 1 atom stereocenters. The molecule has 0 spiro atoms. The number of amides is 1. The SMILES string of the molecule is N#Cc1c[nH]c(C(=O)NC(CC2CCOCC2)c2ccccc2)c1. The molecule has 1 aromatic heterocycles. The fourth-order valence-electron chi connectivity index (χ4n) is 3.11. The first-order valence-corrected chi connectivity index (χ1v) is 8.28. The van der Waals surface area contributed by atoms with Crippen molar-refractivity contribution in [1.29, 1.82) is 5.26 Å². The molecule has 1 fully saturated rings. The Balaban J connectivity index is 1.74. The zero-order chi connectivity index (χ0) is 16.8. The zero-order valence-corrected chi connectivity index (χ0v) is 13.5. The average Bonchev–Trinajstić information content (AvgIpc) is 3.12. The predicted molar refractivity (Wildman–Crippen MR) is 90.3 cm³/mol. The van der Waals surface area contributed by atoms with Gasteiger partial charge in [0.15, 0.2) is 0 Å². The summed E-state index contributed by atoms with van der Waals surface area (Å²) >= 11 is 0. The number of aromatic nitrogens is 1. The number of hydrogen-bond acceptors (Lipinski definition) is 3. The maximum Gasteiger partial charge on any atom is 0.268 e. The number of benzene rings is 1. The Labute approximate surface area is 141 Å². The van der Waals surface area contributed by atoms with E-state index >= 15 is 0 Å². The van der Waals surface area contributed by atoms with Crippen LogP contribution in [-0.2, 0) is 4.74 Å². The third-order valence-electron chi connectivity index (χ3n) is 4.47. The Morgan fingerprint density at radius 2 is 2.08 bits per heavy atom. The largest absolute Gasteiger partial charge is 0.381 e. The molecule has 0 bridgehead atoms. The molecule has 5 nitrogen and oxygen atoms in total. The van der Waals surface area contributed by atoms with Crippen LogP contribution in [0.3, 0.4) is 0 Å². The van der Waals surface area contributed by atoms with Crippen molar-refractivity contribution in [3.8, 4) is 6.07 Å². The molecule has 2 heterocycles. The molecule has 2 N–H and O–H groups in total. The third-order valence-corrected chi connectivity index (χ3v) is 4.47. The summed E-state index contributed by atoms with van der Waals surface area (Å²) in [5, 5.41) is 12.0. The molecule has 2 aromatic rings. The van der Waals surface area contributed by atoms with E-state index in [1.807, 2.05) is 36.4 Å². The molecule has 1 aromatic carbocycles. The van der Waals surface area contributed by atoms with Gasteiger partial charge >= 0.3 is 0 Å². The van der Waals surface area contributed by atoms with Crippen molar-refractivity contribution in [3.05, 3.63) is 59.4 Å². The van der Waals surface area contributed by atoms with Crippen molar-refractivity contribution >= 4 is 5.91 Å². The van der Waals surface area contributed by atoms with Gasteiger partial charge in [0.1, 0.15) is 11.8 Å². The smallest absolute Gasteiger partial charge is 0.268 e. The minimum Gasteiger partial charge on any atom is -0.381 e. The summed E-state index contributed by atoms with van der Waals surface area (Å²) in [6, 6.07) is 13.6. The summed E-state index contributed by atoms with van der Waals surface area (Å²) in [6.45, 7) is 1.59. The molecule has 5 heteroatoms. The van der Waals surface area contributed by atoms with Gasteiger partial charge in [0.25, 0.3) is 5.91 Å². The molecule has 1 amide bonds. The van der Waals surface area contributed by atoms with E-state index < -0.39 is 0 Å². The van der Waals surface area contributed by atoms with Crippen LogP contribution in [0.2, 0.25) is 0 Å². The number of carbonyl (C=O) groups is 1. The lowest BCUT2D eigenvalue weighted by Gasteiger charge is -2.27. The molecule has 124 valence electrons. The summed E-state index contributed by atoms with van der Waals surface area (Å²) in [4.78, 5) is 15.4. The van der Waals surface area contributed by atoms with E-state index in [1.165, 1.54) is 0 Å². The number of H-pyrrole nitrogens is 1. The van der Waals surface area contributed by atoms with Crippen LogP contribution in [0.15, 0.2) is 42.6 Å². The van der Waals surface area contributed by atoms with E-state index in [1.54, 1.807) is 12.3 Å². The molecule has 0 saturated carbocycles. The van der Waals surface area contributed by atoms with Crippen LogP contribution in [0.4, 0.5) is 0 Å². The normalized spacial score (nSPS) is 16.3. The van der Waals surface area contributed by atoms with Crippen molar-refractivity contribution in [2.75, 3.05) is 13.2 Å². The van der Waals surface area contributed by atoms with Gasteiger partial charge in [-0.1, -0.05) is 30.3 Å². The Bertz CT molecular complexity index is 712. The first-order valence-electron chi connectivity index (χ1n) is 8.28. The van der Waals surface area contributed by atoms with Crippen LogP contribution in [0.1, 0.15) is 46.9 Å². The number of rotatable bonds is 5. The number of carbonyl (C=O) groups excluding carboxylic acids is 1. The van der Waals surface area contributed by atoms with Crippen LogP contribution in [0, 0.1) is 17.2 Å². The highest BCUT2D eigenvalue weighted by molar-refractivity contribution is 5.93. The molecular formula is C19H21N3O2. The molecule has 24 heavy (non-hydrogen) atoms. The highest BCUT2D eigenvalue weighted by atomic mass is 16.5. The van der Waals surface area contributed by atoms with Gasteiger partial charge in [0.2, 0.25) is 0 Å². The van der Waals surface area contributed by atoms with Gasteiger partial charge in [0.05, 0.1) is 11.6 Å². The van der Waals surface area contributed by atoms with Crippen LogP contribution >= 0.6 is 0 Å². The van der Waals surface area contributed by atoms with E-state index in [4.69, 9.17) is 10.00 Å². The van der Waals surface area contributed by atoms with Crippen molar-refractivity contribution in [2.24, 2.45) is 5.92 Å². The van der Waals surface area contributed by atoms with E-state index in [0.29, 0.717) is 17.2 Å². The Kier molecular flexibility index (Phi) is 5.29. The minimum atomic E-state index is -0.183. The summed E-state index contributed by atoms with van der Waals surface area (Å²) < 4.78 is 5.43. The molecule has 1 aliphatic heterocycles. The van der Waals surface area contributed by atoms with Crippen LogP contribution in [0.5, 0.6) is 0 Å². The maximum atomic E-state index is 12.5. The fourth-order valence-corrected chi connectivity index (χ4v) is 3.11. The van der Waals surface area contributed by atoms with Crippen molar-refractivity contribution in [1.82, 2.24) is 10.3 Å². The molecule has 0 radical (unpaired) electrons. The number of ether oxygens (including phenoxy) is 1. The van der Waals surface area contributed by atoms with Gasteiger partial charge < -0.3 is 15.0 Å². The number of hydrogen-bond donors (Lipinski definition) is 2. The summed E-state index contributed by atoms with van der Waals surface area (Å²) in [5.41, 5.74) is 1.98. The molecule has 0 aliphatic carbocycles. The van der Waals surface area contributed by atoms with Gasteiger partial charge in [-0.2, -0.15) is 5.26 Å². The number of nitriles is 1. The quantitative estimate of drug-likeness (QED) is 0.887. The Hall–Kier alpha value is -2.58. The Morgan fingerprint density at radius 3 is 2.75 bits per heavy atom. The topological polar surface area (TPSA) is 77.9 Å². The number of nitrogens with one attached hydrogen (secondary N) is 2. The van der Waals surface area contributed by atoms with E-state index in [-0.39, 0.29) is 11.9 Å². The molecule has 3 rings (SSSR count). The number of nitrogens with zero attached hydrogens (tertiary/aromatic N) is 1. The van der Waals surface area contributed by atoms with Crippen molar-refractivity contribution in [2.45, 2.75) is 25.3 Å². The lowest BCUT2D eigenvalue weighted by molar-refractivity contribution is 0.0597. The molecule has 1 unspecified atom stereocenters. The molecule has 1 aliphatic rings. The van der Waals surface area contributed by atoms with Gasteiger partial charge in [-0.25, -0.2) is 0 Å². The predicted octanol–water partition coefficient (Wildman–Crippen LogP) is 3.17. The van der Waals surface area contributed by atoms with Crippen LogP contribution in [0.25, 0.3) is 0 Å². The lowest BCUT2D eigenvalue weighted by atomic mass is 9.89. The van der Waals surface area contributed by atoms with E-state index in [9.17, 15) is 4.79 Å². The van der Waals surface area contributed by atoms with E-state index in [0.717, 1.165) is 38.0 Å². The maximum absolute atomic E-state index is 12.5. The van der Waals surface area contributed by atoms with E-state index in [2.05, 4.69) is 10.3 Å². The van der Waals surface area contributed by atoms with Crippen LogP contribution < -0.4 is 5.32 Å². The van der Waals surface area contributed by atoms with Gasteiger partial charge in [-0.15, -0.1) is 0 Å². The van der Waals surface area contributed by atoms with Crippen molar-refractivity contribution in [3.63, 3.8) is 0 Å². The monoisotopic (exact) mass is 323 g/mol. The lowest BCUT2D eigenvalue weighted by Crippen LogP contribution is -2.31. The molecule has 1 saturated heterocycles. The second-order valence-electron chi connectivity index (χ2n) is 6.14. The minimum absolute atomic E-state index is 0.0457. The highest BCUT2D eigenvalue weighted by Gasteiger charge is 2.23. The molecular weight excluding hydrogens is 302 g/mol. The van der Waals surface area contributed by atoms with Gasteiger partial charge in [0, 0.05) is 19.4 Å². The summed E-state index contributed by atoms with van der Waals surface area (Å²) in [5.74, 6) is 0.361.